The van der Waals surface area contributed by atoms with E-state index in [1.54, 1.807) is 4.90 Å². The van der Waals surface area contributed by atoms with Gasteiger partial charge in [0, 0.05) is 23.5 Å². The summed E-state index contributed by atoms with van der Waals surface area (Å²) in [6, 6.07) is 25.5. The van der Waals surface area contributed by atoms with Crippen LogP contribution in [0.3, 0.4) is 0 Å². The number of carbonyl (C=O) groups excluding carboxylic acids is 2. The van der Waals surface area contributed by atoms with Gasteiger partial charge in [0.25, 0.3) is 11.8 Å². The van der Waals surface area contributed by atoms with E-state index in [-0.39, 0.29) is 31.2 Å². The Balaban J connectivity index is 1.40. The Morgan fingerprint density at radius 2 is 1.67 bits per heavy atom. The molecule has 3 aromatic carbocycles. The van der Waals surface area contributed by atoms with Crippen LogP contribution in [0.15, 0.2) is 78.9 Å². The quantitative estimate of drug-likeness (QED) is 0.383. The third kappa shape index (κ3) is 3.95. The Morgan fingerprint density at radius 1 is 0.897 bits per heavy atom. The molecule has 4 aromatic rings. The first-order chi connectivity index (χ1) is 19.1. The highest BCUT2D eigenvalue weighted by atomic mass is 16.7. The van der Waals surface area contributed by atoms with Crippen LogP contribution in [0.1, 0.15) is 53.7 Å². The molecule has 2 amide bonds. The van der Waals surface area contributed by atoms with E-state index in [1.165, 1.54) is 6.42 Å². The van der Waals surface area contributed by atoms with Gasteiger partial charge in [0.2, 0.25) is 6.79 Å². The first-order valence-electron chi connectivity index (χ1n) is 13.8. The molecule has 7 nitrogen and oxygen atoms in total. The highest BCUT2D eigenvalue weighted by Gasteiger charge is 2.53. The SMILES string of the molecule is O=C1c2cc3ccccc3n2CC(C(=O)NC2CCCCC2)(c2ccccc2)N1Cc1ccc2c(c1)OCO2. The van der Waals surface area contributed by atoms with Crippen LogP contribution in [-0.2, 0) is 23.4 Å². The van der Waals surface area contributed by atoms with Crippen molar-refractivity contribution < 1.29 is 19.1 Å². The van der Waals surface area contributed by atoms with Crippen molar-refractivity contribution in [2.24, 2.45) is 0 Å². The topological polar surface area (TPSA) is 72.8 Å². The number of hydrogen-bond donors (Lipinski definition) is 1. The predicted molar refractivity (Wildman–Crippen MR) is 148 cm³/mol. The third-order valence-electron chi connectivity index (χ3n) is 8.47. The Kier molecular flexibility index (Phi) is 5.80. The van der Waals surface area contributed by atoms with Gasteiger partial charge in [0.15, 0.2) is 17.0 Å². The molecule has 0 bridgehead atoms. The maximum absolute atomic E-state index is 14.6. The molecule has 198 valence electrons. The van der Waals surface area contributed by atoms with E-state index < -0.39 is 5.54 Å². The van der Waals surface area contributed by atoms with E-state index in [2.05, 4.69) is 5.32 Å². The molecule has 1 fully saturated rings. The number of rotatable bonds is 5. The molecule has 0 spiro atoms. The number of fused-ring (bicyclic) bond motifs is 4. The number of para-hydroxylation sites is 1. The smallest absolute Gasteiger partial charge is 0.272 e. The normalized spacial score (nSPS) is 20.7. The third-order valence-corrected chi connectivity index (χ3v) is 8.47. The van der Waals surface area contributed by atoms with E-state index >= 15 is 0 Å². The van der Waals surface area contributed by atoms with Gasteiger partial charge in [0.1, 0.15) is 5.69 Å². The molecule has 1 unspecified atom stereocenters. The van der Waals surface area contributed by atoms with Gasteiger partial charge in [-0.1, -0.05) is 73.9 Å². The van der Waals surface area contributed by atoms with E-state index in [1.807, 2.05) is 83.4 Å². The molecule has 7 rings (SSSR count). The van der Waals surface area contributed by atoms with Crippen LogP contribution in [0.5, 0.6) is 11.5 Å². The number of ether oxygens (including phenoxy) is 2. The summed E-state index contributed by atoms with van der Waals surface area (Å²) in [6.45, 7) is 0.762. The zero-order valence-electron chi connectivity index (χ0n) is 21.8. The summed E-state index contributed by atoms with van der Waals surface area (Å²) in [7, 11) is 0. The largest absolute Gasteiger partial charge is 0.454 e. The predicted octanol–water partition coefficient (Wildman–Crippen LogP) is 5.37. The lowest BCUT2D eigenvalue weighted by molar-refractivity contribution is -0.136. The van der Waals surface area contributed by atoms with Crippen molar-refractivity contribution in [2.45, 2.75) is 56.8 Å². The summed E-state index contributed by atoms with van der Waals surface area (Å²) < 4.78 is 13.2. The van der Waals surface area contributed by atoms with Crippen molar-refractivity contribution in [2.75, 3.05) is 6.79 Å². The van der Waals surface area contributed by atoms with E-state index in [0.717, 1.165) is 47.7 Å². The molecule has 1 aliphatic carbocycles. The number of hydrogen-bond acceptors (Lipinski definition) is 4. The van der Waals surface area contributed by atoms with Crippen LogP contribution >= 0.6 is 0 Å². The average molecular weight is 522 g/mol. The van der Waals surface area contributed by atoms with Crippen molar-refractivity contribution in [3.8, 4) is 11.5 Å². The summed E-state index contributed by atoms with van der Waals surface area (Å²) in [6.07, 6.45) is 5.34. The molecule has 2 aliphatic heterocycles. The van der Waals surface area contributed by atoms with Gasteiger partial charge < -0.3 is 24.3 Å². The average Bonchev–Trinajstić information content (AvgIpc) is 3.60. The molecule has 0 radical (unpaired) electrons. The van der Waals surface area contributed by atoms with Gasteiger partial charge in [-0.2, -0.15) is 0 Å². The number of aromatic nitrogens is 1. The van der Waals surface area contributed by atoms with Crippen LogP contribution in [-0.4, -0.2) is 34.1 Å². The fourth-order valence-corrected chi connectivity index (χ4v) is 6.45. The molecule has 1 atom stereocenters. The zero-order chi connectivity index (χ0) is 26.4. The van der Waals surface area contributed by atoms with Crippen LogP contribution in [0.2, 0.25) is 0 Å². The van der Waals surface area contributed by atoms with Gasteiger partial charge in [0.05, 0.1) is 6.54 Å². The first-order valence-corrected chi connectivity index (χ1v) is 13.8. The maximum atomic E-state index is 14.6. The Labute approximate surface area is 227 Å². The second-order valence-electron chi connectivity index (χ2n) is 10.8. The fourth-order valence-electron chi connectivity index (χ4n) is 6.45. The Bertz CT molecular complexity index is 1560. The van der Waals surface area contributed by atoms with Crippen molar-refractivity contribution in [1.82, 2.24) is 14.8 Å². The van der Waals surface area contributed by atoms with Gasteiger partial charge in [-0.3, -0.25) is 9.59 Å². The standard InChI is InChI=1S/C32H31N3O4/c36-30-27-18-23-9-7-8-14-26(23)34(27)20-32(24-10-3-1-4-11-24,31(37)33-25-12-5-2-6-13-25)35(30)19-22-15-16-28-29(17-22)39-21-38-28/h1,3-4,7-11,14-18,25H,2,5-6,12-13,19-21H2,(H,33,37). The molecular weight excluding hydrogens is 490 g/mol. The number of amides is 2. The second-order valence-corrected chi connectivity index (χ2v) is 10.8. The first kappa shape index (κ1) is 23.8. The summed E-state index contributed by atoms with van der Waals surface area (Å²) in [5.74, 6) is 1.05. The summed E-state index contributed by atoms with van der Waals surface area (Å²) in [4.78, 5) is 30.9. The number of benzene rings is 3. The Morgan fingerprint density at radius 3 is 2.51 bits per heavy atom. The molecule has 3 heterocycles. The molecule has 39 heavy (non-hydrogen) atoms. The van der Waals surface area contributed by atoms with Gasteiger partial charge in [-0.15, -0.1) is 0 Å². The molecular formula is C32H31N3O4. The number of carbonyl (C=O) groups is 2. The molecule has 3 aliphatic rings. The zero-order valence-corrected chi connectivity index (χ0v) is 21.8. The van der Waals surface area contributed by atoms with Gasteiger partial charge in [-0.05, 0) is 48.2 Å². The van der Waals surface area contributed by atoms with Crippen LogP contribution in [0.4, 0.5) is 0 Å². The molecule has 1 N–H and O–H groups in total. The second kappa shape index (κ2) is 9.49. The van der Waals surface area contributed by atoms with Crippen molar-refractivity contribution in [3.63, 3.8) is 0 Å². The molecule has 7 heteroatoms. The minimum absolute atomic E-state index is 0.108. The van der Waals surface area contributed by atoms with Crippen LogP contribution in [0.25, 0.3) is 10.9 Å². The monoisotopic (exact) mass is 521 g/mol. The lowest BCUT2D eigenvalue weighted by atomic mass is 9.83. The van der Waals surface area contributed by atoms with Crippen molar-refractivity contribution >= 4 is 22.7 Å². The summed E-state index contributed by atoms with van der Waals surface area (Å²) in [5.41, 5.74) is 1.99. The maximum Gasteiger partial charge on any atom is 0.272 e. The lowest BCUT2D eigenvalue weighted by Crippen LogP contribution is -2.64. The van der Waals surface area contributed by atoms with Gasteiger partial charge in [-0.25, -0.2) is 0 Å². The van der Waals surface area contributed by atoms with Crippen molar-refractivity contribution in [1.29, 1.82) is 0 Å². The van der Waals surface area contributed by atoms with Crippen molar-refractivity contribution in [3.05, 3.63) is 95.7 Å². The van der Waals surface area contributed by atoms with E-state index in [0.29, 0.717) is 23.7 Å². The minimum Gasteiger partial charge on any atom is -0.454 e. The highest BCUT2D eigenvalue weighted by molar-refractivity contribution is 6.04. The number of nitrogens with zero attached hydrogens (tertiary/aromatic N) is 2. The number of nitrogens with one attached hydrogen (secondary N) is 1. The Hall–Kier alpha value is -4.26. The fraction of sp³-hybridized carbons (Fsp3) is 0.312. The highest BCUT2D eigenvalue weighted by Crippen LogP contribution is 2.41. The van der Waals surface area contributed by atoms with E-state index in [4.69, 9.17) is 9.47 Å². The summed E-state index contributed by atoms with van der Waals surface area (Å²) in [5, 5.41) is 4.37. The molecule has 0 saturated heterocycles. The molecule has 1 saturated carbocycles. The lowest BCUT2D eigenvalue weighted by Gasteiger charge is -2.47. The van der Waals surface area contributed by atoms with Crippen LogP contribution < -0.4 is 14.8 Å². The van der Waals surface area contributed by atoms with Crippen LogP contribution in [0, 0.1) is 0 Å². The summed E-state index contributed by atoms with van der Waals surface area (Å²) >= 11 is 0. The van der Waals surface area contributed by atoms with E-state index in [9.17, 15) is 9.59 Å². The molecule has 1 aromatic heterocycles. The van der Waals surface area contributed by atoms with Gasteiger partial charge >= 0.3 is 0 Å². The minimum atomic E-state index is -1.24.